The maximum absolute atomic E-state index is 5.56. The average molecular weight is 257 g/mol. The summed E-state index contributed by atoms with van der Waals surface area (Å²) >= 11 is 0. The zero-order chi connectivity index (χ0) is 13.1. The number of nitrogens with zero attached hydrogens (tertiary/aromatic N) is 4. The fraction of sp³-hybridized carbons (Fsp3) is 0.167. The van der Waals surface area contributed by atoms with Crippen LogP contribution in [0.3, 0.4) is 0 Å². The molecule has 2 N–H and O–H groups in total. The molecule has 0 unspecified atom stereocenters. The van der Waals surface area contributed by atoms with Crippen LogP contribution >= 0.6 is 0 Å². The molecule has 1 aromatic carbocycles. The minimum Gasteiger partial charge on any atom is -0.379 e. The van der Waals surface area contributed by atoms with Crippen molar-refractivity contribution in [1.29, 1.82) is 0 Å². The van der Waals surface area contributed by atoms with E-state index in [0.29, 0.717) is 23.8 Å². The summed E-state index contributed by atoms with van der Waals surface area (Å²) in [5.41, 5.74) is 7.07. The lowest BCUT2D eigenvalue weighted by molar-refractivity contribution is 0.310. The summed E-state index contributed by atoms with van der Waals surface area (Å²) in [6.07, 6.45) is 1.48. The molecule has 0 saturated heterocycles. The molecule has 0 saturated carbocycles. The van der Waals surface area contributed by atoms with Gasteiger partial charge in [-0.3, -0.25) is 0 Å². The number of nitrogen functional groups attached to an aromatic ring is 1. The molecule has 7 nitrogen and oxygen atoms in total. The van der Waals surface area contributed by atoms with E-state index in [9.17, 15) is 0 Å². The highest BCUT2D eigenvalue weighted by molar-refractivity contribution is 5.61. The van der Waals surface area contributed by atoms with Gasteiger partial charge in [0.25, 0.3) is 0 Å². The molecule has 3 rings (SSSR count). The quantitative estimate of drug-likeness (QED) is 0.754. The van der Waals surface area contributed by atoms with E-state index in [1.165, 1.54) is 5.56 Å². The highest BCUT2D eigenvalue weighted by Gasteiger charge is 2.16. The van der Waals surface area contributed by atoms with Crippen molar-refractivity contribution in [3.63, 3.8) is 0 Å². The van der Waals surface area contributed by atoms with Gasteiger partial charge in [0.05, 0.1) is 0 Å². The van der Waals surface area contributed by atoms with Crippen LogP contribution in [-0.2, 0) is 12.8 Å². The van der Waals surface area contributed by atoms with Crippen LogP contribution in [0.1, 0.15) is 11.5 Å². The molecule has 0 atom stereocenters. The molecular weight excluding hydrogens is 246 g/mol. The summed E-state index contributed by atoms with van der Waals surface area (Å²) in [6, 6.07) is 10.1. The summed E-state index contributed by atoms with van der Waals surface area (Å²) in [4.78, 5) is 4.21. The molecule has 19 heavy (non-hydrogen) atoms. The maximum Gasteiger partial charge on any atom is 0.228 e. The largest absolute Gasteiger partial charge is 0.379 e. The third kappa shape index (κ3) is 2.44. The number of nitrogens with two attached hydrogens (primary N) is 1. The summed E-state index contributed by atoms with van der Waals surface area (Å²) in [5.74, 6) is 0.971. The number of anilines is 1. The Morgan fingerprint density at radius 3 is 2.58 bits per heavy atom. The first-order valence-corrected chi connectivity index (χ1v) is 5.78. The van der Waals surface area contributed by atoms with Crippen LogP contribution in [0.5, 0.6) is 0 Å². The second-order valence-electron chi connectivity index (χ2n) is 4.00. The van der Waals surface area contributed by atoms with Crippen LogP contribution in [0.2, 0.25) is 0 Å². The predicted octanol–water partition coefficient (Wildman–Crippen LogP) is 1.49. The second-order valence-corrected chi connectivity index (χ2v) is 4.00. The molecule has 0 aliphatic heterocycles. The highest BCUT2D eigenvalue weighted by atomic mass is 16.6. The van der Waals surface area contributed by atoms with Gasteiger partial charge in [-0.05, 0) is 22.3 Å². The van der Waals surface area contributed by atoms with Crippen molar-refractivity contribution < 1.29 is 9.15 Å². The van der Waals surface area contributed by atoms with Gasteiger partial charge in [0.1, 0.15) is 0 Å². The Kier molecular flexibility index (Phi) is 2.93. The first-order valence-electron chi connectivity index (χ1n) is 5.78. The van der Waals surface area contributed by atoms with Crippen LogP contribution in [-0.4, -0.2) is 20.5 Å². The standard InChI is InChI=1S/C12H11N5O2/c13-11-10(15-19-16-11)12-14-9(18-17-12)7-6-8-4-2-1-3-5-8/h1-5H,6-7H2,(H2,13,16). The summed E-state index contributed by atoms with van der Waals surface area (Å²) in [6.45, 7) is 0. The molecule has 96 valence electrons. The molecule has 0 amide bonds. The maximum atomic E-state index is 5.56. The Labute approximate surface area is 108 Å². The van der Waals surface area contributed by atoms with Crippen LogP contribution in [0.15, 0.2) is 39.5 Å². The van der Waals surface area contributed by atoms with Gasteiger partial charge in [-0.1, -0.05) is 35.5 Å². The van der Waals surface area contributed by atoms with E-state index >= 15 is 0 Å². The first-order chi connectivity index (χ1) is 9.33. The van der Waals surface area contributed by atoms with Crippen LogP contribution < -0.4 is 5.73 Å². The van der Waals surface area contributed by atoms with E-state index in [1.807, 2.05) is 18.2 Å². The first kappa shape index (κ1) is 11.4. The van der Waals surface area contributed by atoms with Crippen molar-refractivity contribution in [3.8, 4) is 11.5 Å². The third-order valence-electron chi connectivity index (χ3n) is 2.66. The van der Waals surface area contributed by atoms with Crippen LogP contribution in [0.25, 0.3) is 11.5 Å². The summed E-state index contributed by atoms with van der Waals surface area (Å²) in [7, 11) is 0. The molecule has 0 spiro atoms. The van der Waals surface area contributed by atoms with Gasteiger partial charge in [0, 0.05) is 6.42 Å². The molecule has 3 aromatic rings. The smallest absolute Gasteiger partial charge is 0.228 e. The monoisotopic (exact) mass is 257 g/mol. The lowest BCUT2D eigenvalue weighted by atomic mass is 10.1. The predicted molar refractivity (Wildman–Crippen MR) is 65.9 cm³/mol. The third-order valence-corrected chi connectivity index (χ3v) is 2.66. The van der Waals surface area contributed by atoms with Crippen molar-refractivity contribution in [2.24, 2.45) is 0 Å². The van der Waals surface area contributed by atoms with Gasteiger partial charge in [0.2, 0.25) is 11.7 Å². The molecule has 0 radical (unpaired) electrons. The lowest BCUT2D eigenvalue weighted by Crippen LogP contribution is -1.92. The topological polar surface area (TPSA) is 104 Å². The Morgan fingerprint density at radius 2 is 1.84 bits per heavy atom. The zero-order valence-electron chi connectivity index (χ0n) is 9.98. The van der Waals surface area contributed by atoms with Crippen molar-refractivity contribution >= 4 is 5.82 Å². The minimum atomic E-state index is 0.149. The fourth-order valence-electron chi connectivity index (χ4n) is 1.70. The van der Waals surface area contributed by atoms with Crippen molar-refractivity contribution in [2.45, 2.75) is 12.8 Å². The second kappa shape index (κ2) is 4.89. The number of hydrogen-bond acceptors (Lipinski definition) is 7. The van der Waals surface area contributed by atoms with Gasteiger partial charge in [-0.2, -0.15) is 4.98 Å². The molecule has 0 aliphatic rings. The van der Waals surface area contributed by atoms with Gasteiger partial charge < -0.3 is 10.3 Å². The van der Waals surface area contributed by atoms with E-state index in [2.05, 4.69) is 37.2 Å². The van der Waals surface area contributed by atoms with Gasteiger partial charge in [0.15, 0.2) is 11.5 Å². The number of rotatable bonds is 4. The van der Waals surface area contributed by atoms with Crippen molar-refractivity contribution in [1.82, 2.24) is 20.5 Å². The lowest BCUT2D eigenvalue weighted by Gasteiger charge is -1.96. The average Bonchev–Trinajstić information content (AvgIpc) is 3.06. The van der Waals surface area contributed by atoms with Gasteiger partial charge >= 0.3 is 0 Å². The van der Waals surface area contributed by atoms with Crippen LogP contribution in [0, 0.1) is 0 Å². The Hall–Kier alpha value is -2.70. The Morgan fingerprint density at radius 1 is 1.00 bits per heavy atom. The Balaban J connectivity index is 1.71. The number of hydrogen-bond donors (Lipinski definition) is 1. The molecule has 0 fully saturated rings. The molecule has 2 heterocycles. The number of aryl methyl sites for hydroxylation is 2. The number of benzene rings is 1. The summed E-state index contributed by atoms with van der Waals surface area (Å²) < 4.78 is 9.63. The van der Waals surface area contributed by atoms with Gasteiger partial charge in [-0.25, -0.2) is 4.63 Å². The van der Waals surface area contributed by atoms with E-state index in [0.717, 1.165) is 6.42 Å². The van der Waals surface area contributed by atoms with E-state index in [1.54, 1.807) is 0 Å². The molecular formula is C12H11N5O2. The fourth-order valence-corrected chi connectivity index (χ4v) is 1.70. The normalized spacial score (nSPS) is 10.7. The zero-order valence-corrected chi connectivity index (χ0v) is 9.98. The van der Waals surface area contributed by atoms with Crippen molar-refractivity contribution in [3.05, 3.63) is 41.8 Å². The van der Waals surface area contributed by atoms with E-state index < -0.39 is 0 Å². The molecule has 0 aliphatic carbocycles. The Bertz CT molecular complexity index is 662. The molecule has 2 aromatic heterocycles. The SMILES string of the molecule is Nc1nonc1-c1noc(CCc2ccccc2)n1. The van der Waals surface area contributed by atoms with E-state index in [-0.39, 0.29) is 5.82 Å². The van der Waals surface area contributed by atoms with E-state index in [4.69, 9.17) is 10.3 Å². The summed E-state index contributed by atoms with van der Waals surface area (Å²) in [5, 5.41) is 10.9. The number of aromatic nitrogens is 4. The van der Waals surface area contributed by atoms with Gasteiger partial charge in [-0.15, -0.1) is 0 Å². The molecule has 0 bridgehead atoms. The van der Waals surface area contributed by atoms with Crippen molar-refractivity contribution in [2.75, 3.05) is 5.73 Å². The highest BCUT2D eigenvalue weighted by Crippen LogP contribution is 2.18. The molecule has 7 heteroatoms. The minimum absolute atomic E-state index is 0.149. The van der Waals surface area contributed by atoms with Crippen LogP contribution in [0.4, 0.5) is 5.82 Å².